The summed E-state index contributed by atoms with van der Waals surface area (Å²) in [7, 11) is 0. The number of hydrogen-bond donors (Lipinski definition) is 1. The molecule has 3 aromatic rings. The molecule has 1 saturated carbocycles. The van der Waals surface area contributed by atoms with E-state index in [-0.39, 0.29) is 28.5 Å². The summed E-state index contributed by atoms with van der Waals surface area (Å²) in [4.78, 5) is 12.1. The Kier molecular flexibility index (Phi) is 4.42. The maximum Gasteiger partial charge on any atom is 0.321 e. The standard InChI is InChI=1S/C19H16ClFN4O/c20-15-9-12(10-25-18(15)22)13-5-6-14(11-3-1-4-11)17(16(13)21)26-19-23-7-2-8-24-19/h2,5-11H,1,3-4H2,(H2,22,25). The molecule has 1 aliphatic rings. The van der Waals surface area contributed by atoms with Gasteiger partial charge in [-0.1, -0.05) is 30.2 Å². The van der Waals surface area contributed by atoms with Gasteiger partial charge in [-0.25, -0.2) is 19.3 Å². The van der Waals surface area contributed by atoms with Gasteiger partial charge in [0.05, 0.1) is 5.02 Å². The Balaban J connectivity index is 1.81. The third-order valence-corrected chi connectivity index (χ3v) is 4.89. The van der Waals surface area contributed by atoms with Crippen molar-refractivity contribution in [3.63, 3.8) is 0 Å². The van der Waals surface area contributed by atoms with Crippen LogP contribution in [0.15, 0.2) is 42.9 Å². The van der Waals surface area contributed by atoms with Crippen molar-refractivity contribution in [2.75, 3.05) is 5.73 Å². The maximum atomic E-state index is 15.4. The number of rotatable bonds is 4. The summed E-state index contributed by atoms with van der Waals surface area (Å²) in [5, 5.41) is 0.277. The molecule has 0 unspecified atom stereocenters. The molecule has 0 saturated heterocycles. The lowest BCUT2D eigenvalue weighted by atomic mass is 9.79. The van der Waals surface area contributed by atoms with Crippen LogP contribution in [0.2, 0.25) is 5.02 Å². The number of pyridine rings is 1. The van der Waals surface area contributed by atoms with Crippen molar-refractivity contribution < 1.29 is 9.13 Å². The van der Waals surface area contributed by atoms with Crippen LogP contribution in [0.5, 0.6) is 11.8 Å². The molecule has 132 valence electrons. The summed E-state index contributed by atoms with van der Waals surface area (Å²) in [6, 6.07) is 7.00. The Bertz CT molecular complexity index is 948. The molecule has 0 atom stereocenters. The van der Waals surface area contributed by atoms with Crippen molar-refractivity contribution >= 4 is 17.4 Å². The summed E-state index contributed by atoms with van der Waals surface area (Å²) in [6.45, 7) is 0. The van der Waals surface area contributed by atoms with Crippen molar-refractivity contribution in [3.8, 4) is 22.9 Å². The third-order valence-electron chi connectivity index (χ3n) is 4.59. The van der Waals surface area contributed by atoms with E-state index in [1.54, 1.807) is 30.6 Å². The Morgan fingerprint density at radius 3 is 2.58 bits per heavy atom. The van der Waals surface area contributed by atoms with E-state index in [4.69, 9.17) is 22.1 Å². The number of nitrogens with two attached hydrogens (primary N) is 1. The number of ether oxygens (including phenoxy) is 1. The van der Waals surface area contributed by atoms with Gasteiger partial charge in [-0.05, 0) is 30.9 Å². The van der Waals surface area contributed by atoms with E-state index in [1.165, 1.54) is 6.20 Å². The fourth-order valence-electron chi connectivity index (χ4n) is 2.96. The van der Waals surface area contributed by atoms with E-state index in [9.17, 15) is 0 Å². The summed E-state index contributed by atoms with van der Waals surface area (Å²) in [6.07, 6.45) is 7.76. The van der Waals surface area contributed by atoms with Crippen LogP contribution in [0.3, 0.4) is 0 Å². The Morgan fingerprint density at radius 2 is 1.92 bits per heavy atom. The fraction of sp³-hybridized carbons (Fsp3) is 0.211. The number of halogens is 2. The van der Waals surface area contributed by atoms with Gasteiger partial charge >= 0.3 is 6.01 Å². The second kappa shape index (κ2) is 6.88. The summed E-state index contributed by atoms with van der Waals surface area (Å²) < 4.78 is 21.1. The van der Waals surface area contributed by atoms with Crippen LogP contribution < -0.4 is 10.5 Å². The minimum Gasteiger partial charge on any atom is -0.421 e. The molecular weight excluding hydrogens is 355 g/mol. The van der Waals surface area contributed by atoms with Gasteiger partial charge in [-0.15, -0.1) is 0 Å². The van der Waals surface area contributed by atoms with Gasteiger partial charge in [0, 0.05) is 35.3 Å². The van der Waals surface area contributed by atoms with Gasteiger partial charge in [-0.2, -0.15) is 0 Å². The van der Waals surface area contributed by atoms with Gasteiger partial charge in [0.15, 0.2) is 11.6 Å². The van der Waals surface area contributed by atoms with Crippen molar-refractivity contribution in [1.29, 1.82) is 0 Å². The molecule has 0 spiro atoms. The molecule has 4 rings (SSSR count). The molecule has 0 radical (unpaired) electrons. The number of hydrogen-bond acceptors (Lipinski definition) is 5. The van der Waals surface area contributed by atoms with E-state index in [2.05, 4.69) is 15.0 Å². The SMILES string of the molecule is Nc1ncc(-c2ccc(C3CCC3)c(Oc3ncccn3)c2F)cc1Cl. The monoisotopic (exact) mass is 370 g/mol. The molecule has 26 heavy (non-hydrogen) atoms. The van der Waals surface area contributed by atoms with Crippen LogP contribution >= 0.6 is 11.6 Å². The average Bonchev–Trinajstić information content (AvgIpc) is 2.60. The molecule has 2 N–H and O–H groups in total. The molecule has 7 heteroatoms. The minimum atomic E-state index is -0.482. The molecule has 2 heterocycles. The quantitative estimate of drug-likeness (QED) is 0.701. The van der Waals surface area contributed by atoms with Gasteiger partial charge in [0.25, 0.3) is 0 Å². The number of anilines is 1. The Labute approximate surface area is 155 Å². The van der Waals surface area contributed by atoms with Crippen molar-refractivity contribution in [1.82, 2.24) is 15.0 Å². The highest BCUT2D eigenvalue weighted by molar-refractivity contribution is 6.33. The molecule has 1 aromatic carbocycles. The predicted molar refractivity (Wildman–Crippen MR) is 97.8 cm³/mol. The van der Waals surface area contributed by atoms with Gasteiger partial charge in [0.1, 0.15) is 5.82 Å². The van der Waals surface area contributed by atoms with Crippen LogP contribution in [-0.2, 0) is 0 Å². The number of nitrogen functional groups attached to an aromatic ring is 1. The first-order valence-electron chi connectivity index (χ1n) is 8.32. The van der Waals surface area contributed by atoms with Crippen molar-refractivity contribution in [2.24, 2.45) is 0 Å². The normalized spacial score (nSPS) is 14.1. The van der Waals surface area contributed by atoms with Gasteiger partial charge < -0.3 is 10.5 Å². The molecule has 5 nitrogen and oxygen atoms in total. The molecule has 1 fully saturated rings. The highest BCUT2D eigenvalue weighted by atomic mass is 35.5. The van der Waals surface area contributed by atoms with Crippen LogP contribution in [0.4, 0.5) is 10.2 Å². The molecule has 0 bridgehead atoms. The van der Waals surface area contributed by atoms with Gasteiger partial charge in [-0.3, -0.25) is 0 Å². The average molecular weight is 371 g/mol. The van der Waals surface area contributed by atoms with Crippen molar-refractivity contribution in [3.05, 3.63) is 59.3 Å². The van der Waals surface area contributed by atoms with Crippen molar-refractivity contribution in [2.45, 2.75) is 25.2 Å². The van der Waals surface area contributed by atoms with E-state index in [1.807, 2.05) is 6.07 Å². The lowest BCUT2D eigenvalue weighted by molar-refractivity contribution is 0.371. The topological polar surface area (TPSA) is 73.9 Å². The van der Waals surface area contributed by atoms with E-state index in [0.717, 1.165) is 24.8 Å². The lowest BCUT2D eigenvalue weighted by Crippen LogP contribution is -2.11. The zero-order valence-electron chi connectivity index (χ0n) is 13.8. The van der Waals surface area contributed by atoms with Crippen LogP contribution in [-0.4, -0.2) is 15.0 Å². The van der Waals surface area contributed by atoms with Gasteiger partial charge in [0.2, 0.25) is 0 Å². The first-order chi connectivity index (χ1) is 12.6. The van der Waals surface area contributed by atoms with Crippen LogP contribution in [0, 0.1) is 5.82 Å². The Hall–Kier alpha value is -2.73. The zero-order chi connectivity index (χ0) is 18.1. The number of nitrogens with zero attached hydrogens (tertiary/aromatic N) is 3. The first kappa shape index (κ1) is 16.7. The highest BCUT2D eigenvalue weighted by Gasteiger charge is 2.27. The highest BCUT2D eigenvalue weighted by Crippen LogP contribution is 2.45. The van der Waals surface area contributed by atoms with E-state index in [0.29, 0.717) is 11.1 Å². The summed E-state index contributed by atoms with van der Waals surface area (Å²) >= 11 is 6.04. The Morgan fingerprint density at radius 1 is 1.15 bits per heavy atom. The first-order valence-corrected chi connectivity index (χ1v) is 8.70. The molecule has 2 aromatic heterocycles. The van der Waals surface area contributed by atoms with Crippen LogP contribution in [0.25, 0.3) is 11.1 Å². The van der Waals surface area contributed by atoms with E-state index >= 15 is 4.39 Å². The predicted octanol–water partition coefficient (Wildman–Crippen LogP) is 4.97. The molecular formula is C19H16ClFN4O. The third kappa shape index (κ3) is 3.08. The maximum absolute atomic E-state index is 15.4. The molecule has 0 amide bonds. The number of benzene rings is 1. The summed E-state index contributed by atoms with van der Waals surface area (Å²) in [5.41, 5.74) is 7.35. The smallest absolute Gasteiger partial charge is 0.321 e. The van der Waals surface area contributed by atoms with E-state index < -0.39 is 5.82 Å². The number of aromatic nitrogens is 3. The van der Waals surface area contributed by atoms with Crippen LogP contribution in [0.1, 0.15) is 30.7 Å². The second-order valence-corrected chi connectivity index (χ2v) is 6.60. The zero-order valence-corrected chi connectivity index (χ0v) is 14.6. The fourth-order valence-corrected chi connectivity index (χ4v) is 3.13. The second-order valence-electron chi connectivity index (χ2n) is 6.20. The summed E-state index contributed by atoms with van der Waals surface area (Å²) in [5.74, 6) is 0.164. The molecule has 0 aliphatic heterocycles. The minimum absolute atomic E-state index is 0.109. The molecule has 1 aliphatic carbocycles. The lowest BCUT2D eigenvalue weighted by Gasteiger charge is -2.28. The largest absolute Gasteiger partial charge is 0.421 e.